The van der Waals surface area contributed by atoms with Crippen LogP contribution in [0.5, 0.6) is 5.75 Å². The largest absolute Gasteiger partial charge is 0.493 e. The molecule has 3 nitrogen and oxygen atoms in total. The van der Waals surface area contributed by atoms with Crippen LogP contribution in [0.25, 0.3) is 0 Å². The van der Waals surface area contributed by atoms with E-state index in [9.17, 15) is 0 Å². The van der Waals surface area contributed by atoms with Crippen molar-refractivity contribution in [3.05, 3.63) is 27.7 Å². The van der Waals surface area contributed by atoms with E-state index in [1.165, 1.54) is 30.5 Å². The smallest absolute Gasteiger partial charge is 0.127 e. The Morgan fingerprint density at radius 2 is 2.14 bits per heavy atom. The number of benzene rings is 1. The van der Waals surface area contributed by atoms with Crippen molar-refractivity contribution in [2.45, 2.75) is 45.7 Å². The minimum atomic E-state index is 0.638. The van der Waals surface area contributed by atoms with Crippen molar-refractivity contribution in [3.63, 3.8) is 0 Å². The van der Waals surface area contributed by atoms with Gasteiger partial charge in [0.2, 0.25) is 0 Å². The van der Waals surface area contributed by atoms with E-state index in [2.05, 4.69) is 59.2 Å². The molecule has 0 aliphatic carbocycles. The predicted octanol–water partition coefficient (Wildman–Crippen LogP) is 3.59. The molecule has 0 bridgehead atoms. The topological polar surface area (TPSA) is 24.5 Å². The van der Waals surface area contributed by atoms with Gasteiger partial charge in [-0.1, -0.05) is 15.9 Å². The first-order chi connectivity index (χ1) is 10.1. The van der Waals surface area contributed by atoms with Crippen molar-refractivity contribution < 1.29 is 4.74 Å². The number of hydrogen-bond acceptors (Lipinski definition) is 3. The van der Waals surface area contributed by atoms with E-state index in [0.717, 1.165) is 36.3 Å². The third kappa shape index (κ3) is 4.97. The molecule has 0 amide bonds. The van der Waals surface area contributed by atoms with Crippen LogP contribution in [-0.2, 0) is 13.0 Å². The quantitative estimate of drug-likeness (QED) is 0.722. The Balaban J connectivity index is 1.70. The molecule has 0 radical (unpaired) electrons. The van der Waals surface area contributed by atoms with Crippen molar-refractivity contribution in [2.75, 3.05) is 26.7 Å². The molecule has 0 saturated carbocycles. The van der Waals surface area contributed by atoms with E-state index in [-0.39, 0.29) is 0 Å². The molecule has 21 heavy (non-hydrogen) atoms. The van der Waals surface area contributed by atoms with Gasteiger partial charge in [-0.2, -0.15) is 0 Å². The molecule has 1 aliphatic heterocycles. The number of ether oxygens (including phenoxy) is 1. The number of fused-ring (bicyclic) bond motifs is 1. The fraction of sp³-hybridized carbons (Fsp3) is 0.647. The van der Waals surface area contributed by atoms with Crippen LogP contribution in [0.3, 0.4) is 0 Å². The molecule has 2 rings (SSSR count). The standard InChI is InChI=1S/C17H27BrN2O/c1-13(2)20(3)8-5-4-7-19-12-15-11-16(18)10-14-6-9-21-17(14)15/h10-11,13,19H,4-9,12H2,1-3H3. The number of nitrogens with zero attached hydrogens (tertiary/aromatic N) is 1. The van der Waals surface area contributed by atoms with Crippen LogP contribution < -0.4 is 10.1 Å². The number of rotatable bonds is 8. The molecule has 0 unspecified atom stereocenters. The number of nitrogens with one attached hydrogen (secondary N) is 1. The van der Waals surface area contributed by atoms with Gasteiger partial charge in [-0.3, -0.25) is 0 Å². The van der Waals surface area contributed by atoms with Crippen molar-refractivity contribution in [3.8, 4) is 5.75 Å². The summed E-state index contributed by atoms with van der Waals surface area (Å²) >= 11 is 3.59. The zero-order valence-corrected chi connectivity index (χ0v) is 15.0. The van der Waals surface area contributed by atoms with E-state index in [1.807, 2.05) is 0 Å². The summed E-state index contributed by atoms with van der Waals surface area (Å²) in [6, 6.07) is 4.98. The van der Waals surface area contributed by atoms with Crippen LogP contribution in [0.2, 0.25) is 0 Å². The summed E-state index contributed by atoms with van der Waals surface area (Å²) in [5.74, 6) is 1.10. The first-order valence-corrected chi connectivity index (χ1v) is 8.72. The van der Waals surface area contributed by atoms with Crippen molar-refractivity contribution in [1.82, 2.24) is 10.2 Å². The fourth-order valence-corrected chi connectivity index (χ4v) is 3.12. The van der Waals surface area contributed by atoms with Gasteiger partial charge in [0.25, 0.3) is 0 Å². The summed E-state index contributed by atoms with van der Waals surface area (Å²) in [5.41, 5.74) is 2.61. The molecule has 1 aromatic carbocycles. The lowest BCUT2D eigenvalue weighted by atomic mass is 10.1. The highest BCUT2D eigenvalue weighted by atomic mass is 79.9. The highest BCUT2D eigenvalue weighted by Gasteiger charge is 2.16. The normalized spacial score (nSPS) is 13.8. The Hall–Kier alpha value is -0.580. The van der Waals surface area contributed by atoms with Gasteiger partial charge in [-0.05, 0) is 64.5 Å². The Bertz CT molecular complexity index is 462. The highest BCUT2D eigenvalue weighted by molar-refractivity contribution is 9.10. The van der Waals surface area contributed by atoms with Crippen LogP contribution in [0.4, 0.5) is 0 Å². The second-order valence-corrected chi connectivity index (χ2v) is 7.03. The Morgan fingerprint density at radius 3 is 2.90 bits per heavy atom. The van der Waals surface area contributed by atoms with Crippen molar-refractivity contribution in [2.24, 2.45) is 0 Å². The lowest BCUT2D eigenvalue weighted by Crippen LogP contribution is -2.27. The summed E-state index contributed by atoms with van der Waals surface area (Å²) in [5, 5.41) is 3.54. The molecule has 118 valence electrons. The van der Waals surface area contributed by atoms with Gasteiger partial charge in [0.15, 0.2) is 0 Å². The summed E-state index contributed by atoms with van der Waals surface area (Å²) in [7, 11) is 2.19. The molecule has 1 N–H and O–H groups in total. The Kier molecular flexibility index (Phi) is 6.52. The molecular weight excluding hydrogens is 328 g/mol. The van der Waals surface area contributed by atoms with E-state index in [0.29, 0.717) is 6.04 Å². The lowest BCUT2D eigenvalue weighted by molar-refractivity contribution is 0.268. The maximum atomic E-state index is 5.75. The van der Waals surface area contributed by atoms with Gasteiger partial charge in [0.1, 0.15) is 5.75 Å². The van der Waals surface area contributed by atoms with E-state index in [1.54, 1.807) is 0 Å². The third-order valence-electron chi connectivity index (χ3n) is 4.14. The predicted molar refractivity (Wildman–Crippen MR) is 92.0 cm³/mol. The summed E-state index contributed by atoms with van der Waals surface area (Å²) < 4.78 is 6.91. The molecular formula is C17H27BrN2O. The zero-order valence-electron chi connectivity index (χ0n) is 13.4. The second kappa shape index (κ2) is 8.16. The number of halogens is 1. The van der Waals surface area contributed by atoms with E-state index >= 15 is 0 Å². The van der Waals surface area contributed by atoms with E-state index in [4.69, 9.17) is 4.74 Å². The zero-order chi connectivity index (χ0) is 15.2. The first-order valence-electron chi connectivity index (χ1n) is 7.93. The maximum absolute atomic E-state index is 5.75. The molecule has 0 aromatic heterocycles. The van der Waals surface area contributed by atoms with Crippen LogP contribution in [0.1, 0.15) is 37.8 Å². The van der Waals surface area contributed by atoms with Gasteiger partial charge in [-0.25, -0.2) is 0 Å². The third-order valence-corrected chi connectivity index (χ3v) is 4.59. The highest BCUT2D eigenvalue weighted by Crippen LogP contribution is 2.32. The average Bonchev–Trinajstić information content (AvgIpc) is 2.90. The molecule has 1 heterocycles. The van der Waals surface area contributed by atoms with Crippen molar-refractivity contribution >= 4 is 15.9 Å². The Labute approximate surface area is 137 Å². The summed E-state index contributed by atoms with van der Waals surface area (Å²) in [4.78, 5) is 2.40. The minimum Gasteiger partial charge on any atom is -0.493 e. The van der Waals surface area contributed by atoms with Gasteiger partial charge < -0.3 is 15.0 Å². The average molecular weight is 355 g/mol. The minimum absolute atomic E-state index is 0.638. The summed E-state index contributed by atoms with van der Waals surface area (Å²) in [6.07, 6.45) is 3.49. The van der Waals surface area contributed by atoms with Crippen LogP contribution in [0, 0.1) is 0 Å². The van der Waals surface area contributed by atoms with Crippen LogP contribution in [-0.4, -0.2) is 37.7 Å². The monoisotopic (exact) mass is 354 g/mol. The first kappa shape index (κ1) is 16.8. The van der Waals surface area contributed by atoms with E-state index < -0.39 is 0 Å². The number of unbranched alkanes of at least 4 members (excludes halogenated alkanes) is 1. The van der Waals surface area contributed by atoms with Crippen molar-refractivity contribution in [1.29, 1.82) is 0 Å². The van der Waals surface area contributed by atoms with Crippen LogP contribution >= 0.6 is 15.9 Å². The van der Waals surface area contributed by atoms with Gasteiger partial charge in [0.05, 0.1) is 6.61 Å². The SMILES string of the molecule is CC(C)N(C)CCCCNCc1cc(Br)cc2c1OCC2. The number of hydrogen-bond donors (Lipinski definition) is 1. The maximum Gasteiger partial charge on any atom is 0.127 e. The molecule has 0 atom stereocenters. The van der Waals surface area contributed by atoms with Gasteiger partial charge >= 0.3 is 0 Å². The van der Waals surface area contributed by atoms with Gasteiger partial charge in [0, 0.05) is 29.0 Å². The summed E-state index contributed by atoms with van der Waals surface area (Å²) in [6.45, 7) is 8.43. The molecule has 0 spiro atoms. The lowest BCUT2D eigenvalue weighted by Gasteiger charge is -2.20. The van der Waals surface area contributed by atoms with Gasteiger partial charge in [-0.15, -0.1) is 0 Å². The second-order valence-electron chi connectivity index (χ2n) is 6.11. The fourth-order valence-electron chi connectivity index (χ4n) is 2.57. The molecule has 1 aromatic rings. The van der Waals surface area contributed by atoms with Crippen LogP contribution in [0.15, 0.2) is 16.6 Å². The Morgan fingerprint density at radius 1 is 1.33 bits per heavy atom. The molecule has 0 saturated heterocycles. The molecule has 4 heteroatoms. The molecule has 1 aliphatic rings. The molecule has 0 fully saturated rings.